The Morgan fingerprint density at radius 3 is 1.70 bits per heavy atom. The van der Waals surface area contributed by atoms with Gasteiger partial charge in [-0.25, -0.2) is 13.9 Å². The number of ether oxygens (including phenoxy) is 2. The summed E-state index contributed by atoms with van der Waals surface area (Å²) in [7, 11) is -4.12. The summed E-state index contributed by atoms with van der Waals surface area (Å²) in [6.45, 7) is 12.3. The predicted octanol–water partition coefficient (Wildman–Crippen LogP) is 3.38. The number of sulfone groups is 1. The van der Waals surface area contributed by atoms with Crippen molar-refractivity contribution in [2.24, 2.45) is 0 Å². The minimum absolute atomic E-state index is 0.0343. The molecular weight excluding hydrogens is 444 g/mol. The zero-order valence-corrected chi connectivity index (χ0v) is 20.9. The maximum atomic E-state index is 13.3. The average Bonchev–Trinajstić information content (AvgIpc) is 2.81. The molecule has 2 rings (SSSR count). The van der Waals surface area contributed by atoms with Crippen molar-refractivity contribution in [3.63, 3.8) is 0 Å². The molecule has 2 aromatic rings. The highest BCUT2D eigenvalue weighted by molar-refractivity contribution is 7.93. The second-order valence-electron chi connectivity index (χ2n) is 7.29. The highest BCUT2D eigenvalue weighted by atomic mass is 32.2. The van der Waals surface area contributed by atoms with Gasteiger partial charge in [-0.15, -0.1) is 0 Å². The second kappa shape index (κ2) is 13.8. The minimum Gasteiger partial charge on any atom is -0.494 e. The molecule has 0 bridgehead atoms. The first-order chi connectivity index (χ1) is 15.7. The molecule has 3 N–H and O–H groups in total. The molecular formula is C24H36N2O6S. The molecule has 1 atom stereocenters. The van der Waals surface area contributed by atoms with Crippen molar-refractivity contribution < 1.29 is 27.9 Å². The Kier molecular flexibility index (Phi) is 11.9. The van der Waals surface area contributed by atoms with Gasteiger partial charge in [0.25, 0.3) is 5.91 Å². The Bertz CT molecular complexity index is 944. The molecule has 0 spiro atoms. The van der Waals surface area contributed by atoms with E-state index in [1.54, 1.807) is 24.3 Å². The number of hydrogen-bond donors (Lipinski definition) is 3. The molecule has 1 unspecified atom stereocenters. The van der Waals surface area contributed by atoms with Crippen molar-refractivity contribution in [3.8, 4) is 11.5 Å². The highest BCUT2D eigenvalue weighted by Gasteiger charge is 2.47. The normalized spacial score (nSPS) is 12.7. The van der Waals surface area contributed by atoms with Crippen LogP contribution in [0, 0.1) is 0 Å². The smallest absolute Gasteiger partial charge is 0.265 e. The van der Waals surface area contributed by atoms with Gasteiger partial charge < -0.3 is 14.8 Å². The molecule has 1 amide bonds. The number of hydrogen-bond acceptors (Lipinski definition) is 7. The van der Waals surface area contributed by atoms with E-state index in [4.69, 9.17) is 9.47 Å². The van der Waals surface area contributed by atoms with Gasteiger partial charge in [-0.05, 0) is 75.8 Å². The number of amides is 1. The molecule has 0 aliphatic carbocycles. The Hall–Kier alpha value is -2.62. The van der Waals surface area contributed by atoms with Gasteiger partial charge in [-0.3, -0.25) is 10.0 Å². The fourth-order valence-electron chi connectivity index (χ4n) is 3.07. The van der Waals surface area contributed by atoms with Crippen molar-refractivity contribution in [2.45, 2.75) is 50.7 Å². The molecule has 0 aromatic heterocycles. The van der Waals surface area contributed by atoms with Crippen LogP contribution in [0.1, 0.15) is 40.2 Å². The molecule has 0 aliphatic heterocycles. The number of benzene rings is 2. The highest BCUT2D eigenvalue weighted by Crippen LogP contribution is 2.31. The standard InChI is InChI=1S/C20H25NO6S.C4H11N/c1-4-26-16-8-6-15(7-9-16)14-20(3,19(22)21-23)28(24,25)18-12-10-17(11-13-18)27-5-2;1-3-5-4-2/h6-13,23H,4-5,14H2,1-3H3,(H,21,22);5H,3-4H2,1-2H3. The van der Waals surface area contributed by atoms with Crippen LogP contribution in [0.4, 0.5) is 0 Å². The van der Waals surface area contributed by atoms with Crippen LogP contribution in [0.2, 0.25) is 0 Å². The van der Waals surface area contributed by atoms with Crippen LogP contribution >= 0.6 is 0 Å². The van der Waals surface area contributed by atoms with E-state index in [2.05, 4.69) is 19.2 Å². The van der Waals surface area contributed by atoms with Crippen LogP contribution in [0.25, 0.3) is 0 Å². The van der Waals surface area contributed by atoms with Gasteiger partial charge >= 0.3 is 0 Å². The largest absolute Gasteiger partial charge is 0.494 e. The van der Waals surface area contributed by atoms with E-state index < -0.39 is 20.5 Å². The summed E-state index contributed by atoms with van der Waals surface area (Å²) >= 11 is 0. The number of hydroxylamine groups is 1. The van der Waals surface area contributed by atoms with Gasteiger partial charge in [0, 0.05) is 6.42 Å². The van der Waals surface area contributed by atoms with Gasteiger partial charge in [0.1, 0.15) is 11.5 Å². The van der Waals surface area contributed by atoms with Crippen molar-refractivity contribution >= 4 is 15.7 Å². The maximum absolute atomic E-state index is 13.3. The van der Waals surface area contributed by atoms with E-state index in [0.717, 1.165) is 13.1 Å². The summed E-state index contributed by atoms with van der Waals surface area (Å²) in [5.41, 5.74) is 2.11. The lowest BCUT2D eigenvalue weighted by atomic mass is 9.99. The minimum atomic E-state index is -4.12. The fourth-order valence-corrected chi connectivity index (χ4v) is 4.73. The Morgan fingerprint density at radius 1 is 0.879 bits per heavy atom. The van der Waals surface area contributed by atoms with Crippen molar-refractivity contribution in [3.05, 3.63) is 54.1 Å². The summed E-state index contributed by atoms with van der Waals surface area (Å²) in [5.74, 6) is 0.172. The van der Waals surface area contributed by atoms with Gasteiger partial charge in [0.2, 0.25) is 0 Å². The summed E-state index contributed by atoms with van der Waals surface area (Å²) in [4.78, 5) is 12.4. The number of nitrogens with one attached hydrogen (secondary N) is 2. The van der Waals surface area contributed by atoms with E-state index >= 15 is 0 Å². The van der Waals surface area contributed by atoms with Crippen LogP contribution in [0.3, 0.4) is 0 Å². The molecule has 33 heavy (non-hydrogen) atoms. The first kappa shape index (κ1) is 28.4. The van der Waals surface area contributed by atoms with Gasteiger partial charge in [-0.1, -0.05) is 26.0 Å². The van der Waals surface area contributed by atoms with E-state index in [1.165, 1.54) is 36.7 Å². The SMILES string of the molecule is CCNCC.CCOc1ccc(CC(C)(C(=O)NO)S(=O)(=O)c2ccc(OCC)cc2)cc1. The lowest BCUT2D eigenvalue weighted by Gasteiger charge is -2.27. The molecule has 0 radical (unpaired) electrons. The molecule has 184 valence electrons. The van der Waals surface area contributed by atoms with Gasteiger partial charge in [-0.2, -0.15) is 0 Å². The maximum Gasteiger partial charge on any atom is 0.265 e. The molecule has 2 aromatic carbocycles. The summed E-state index contributed by atoms with van der Waals surface area (Å²) in [6, 6.07) is 12.7. The third kappa shape index (κ3) is 7.73. The fraction of sp³-hybridized carbons (Fsp3) is 0.458. The van der Waals surface area contributed by atoms with Crippen LogP contribution in [-0.2, 0) is 21.1 Å². The van der Waals surface area contributed by atoms with E-state index in [-0.39, 0.29) is 11.3 Å². The van der Waals surface area contributed by atoms with E-state index in [0.29, 0.717) is 30.3 Å². The first-order valence-corrected chi connectivity index (χ1v) is 12.5. The molecule has 0 saturated heterocycles. The van der Waals surface area contributed by atoms with Gasteiger partial charge in [0.15, 0.2) is 14.6 Å². The van der Waals surface area contributed by atoms with Crippen LogP contribution < -0.4 is 20.3 Å². The van der Waals surface area contributed by atoms with Crippen molar-refractivity contribution in [2.75, 3.05) is 26.3 Å². The molecule has 0 heterocycles. The topological polar surface area (TPSA) is 114 Å². The van der Waals surface area contributed by atoms with E-state index in [1.807, 2.05) is 13.8 Å². The zero-order chi connectivity index (χ0) is 24.9. The molecule has 0 saturated carbocycles. The Balaban J connectivity index is 0.000000981. The number of rotatable bonds is 11. The summed E-state index contributed by atoms with van der Waals surface area (Å²) < 4.78 is 35.3. The number of carbonyl (C=O) groups excluding carboxylic acids is 1. The van der Waals surface area contributed by atoms with Crippen LogP contribution in [0.5, 0.6) is 11.5 Å². The van der Waals surface area contributed by atoms with Gasteiger partial charge in [0.05, 0.1) is 18.1 Å². The van der Waals surface area contributed by atoms with Crippen molar-refractivity contribution in [1.82, 2.24) is 10.8 Å². The Labute approximate surface area is 197 Å². The third-order valence-corrected chi connectivity index (χ3v) is 7.30. The molecule has 8 nitrogen and oxygen atoms in total. The average molecular weight is 481 g/mol. The predicted molar refractivity (Wildman–Crippen MR) is 129 cm³/mol. The molecule has 0 aliphatic rings. The summed E-state index contributed by atoms with van der Waals surface area (Å²) in [5, 5.41) is 12.3. The molecule has 9 heteroatoms. The lowest BCUT2D eigenvalue weighted by Crippen LogP contribution is -2.51. The number of carbonyl (C=O) groups is 1. The third-order valence-electron chi connectivity index (χ3n) is 4.90. The lowest BCUT2D eigenvalue weighted by molar-refractivity contribution is -0.131. The monoisotopic (exact) mass is 480 g/mol. The van der Waals surface area contributed by atoms with Crippen molar-refractivity contribution in [1.29, 1.82) is 0 Å². The second-order valence-corrected chi connectivity index (χ2v) is 9.67. The van der Waals surface area contributed by atoms with Crippen LogP contribution in [-0.4, -0.2) is 50.6 Å². The van der Waals surface area contributed by atoms with E-state index in [9.17, 15) is 18.4 Å². The van der Waals surface area contributed by atoms with Crippen LogP contribution in [0.15, 0.2) is 53.4 Å². The Morgan fingerprint density at radius 2 is 1.33 bits per heavy atom. The zero-order valence-electron chi connectivity index (χ0n) is 20.1. The molecule has 0 fully saturated rings. The first-order valence-electron chi connectivity index (χ1n) is 11.0. The quantitative estimate of drug-likeness (QED) is 0.334. The summed E-state index contributed by atoms with van der Waals surface area (Å²) in [6.07, 6.45) is -0.124.